The van der Waals surface area contributed by atoms with Gasteiger partial charge in [0.2, 0.25) is 0 Å². The lowest BCUT2D eigenvalue weighted by molar-refractivity contribution is 0.105. The summed E-state index contributed by atoms with van der Waals surface area (Å²) in [5.41, 5.74) is 0. The van der Waals surface area contributed by atoms with Crippen molar-refractivity contribution in [2.45, 2.75) is 123 Å². The molecule has 2 unspecified atom stereocenters. The molecule has 0 heterocycles. The molecule has 0 aliphatic rings. The van der Waals surface area contributed by atoms with Gasteiger partial charge in [0.1, 0.15) is 0 Å². The number of unbranched alkanes of at least 4 members (excludes halogenated alkanes) is 12. The molecule has 5 heteroatoms. The molecule has 0 rings (SSSR count). The van der Waals surface area contributed by atoms with Crippen LogP contribution in [0.15, 0.2) is 0 Å². The van der Waals surface area contributed by atoms with Crippen LogP contribution in [0.5, 0.6) is 0 Å². The molecule has 0 amide bonds. The molecular formula is C20H43O4P. The zero-order valence-electron chi connectivity index (χ0n) is 17.0. The Bertz CT molecular complexity index is 323. The van der Waals surface area contributed by atoms with Crippen molar-refractivity contribution in [1.82, 2.24) is 0 Å². The fourth-order valence-corrected chi connectivity index (χ4v) is 3.92. The molecular weight excluding hydrogens is 335 g/mol. The first kappa shape index (κ1) is 25.1. The van der Waals surface area contributed by atoms with Gasteiger partial charge < -0.3 is 4.89 Å². The lowest BCUT2D eigenvalue weighted by atomic mass is 10.1. The Kier molecular flexibility index (Phi) is 17.6. The number of phosphoric acid groups is 1. The second kappa shape index (κ2) is 17.5. The Hall–Kier alpha value is 0.110. The quantitative estimate of drug-likeness (QED) is 0.188. The summed E-state index contributed by atoms with van der Waals surface area (Å²) >= 11 is 0. The van der Waals surface area contributed by atoms with Crippen LogP contribution in [0.4, 0.5) is 0 Å². The zero-order chi connectivity index (χ0) is 18.8. The molecule has 0 fully saturated rings. The fourth-order valence-electron chi connectivity index (χ4n) is 2.94. The van der Waals surface area contributed by atoms with Crippen LogP contribution >= 0.6 is 7.82 Å². The lowest BCUT2D eigenvalue weighted by Gasteiger charge is -2.17. The third-order valence-electron chi connectivity index (χ3n) is 4.53. The minimum Gasteiger partial charge on any atom is -0.302 e. The summed E-state index contributed by atoms with van der Waals surface area (Å²) < 4.78 is 22.2. The Morgan fingerprint density at radius 3 is 1.72 bits per heavy atom. The Morgan fingerprint density at radius 2 is 1.20 bits per heavy atom. The van der Waals surface area contributed by atoms with Gasteiger partial charge in [-0.2, -0.15) is 0 Å². The molecule has 0 aliphatic carbocycles. The summed E-state index contributed by atoms with van der Waals surface area (Å²) in [4.78, 5) is 9.74. The van der Waals surface area contributed by atoms with Gasteiger partial charge in [0.25, 0.3) is 0 Å². The van der Waals surface area contributed by atoms with Crippen molar-refractivity contribution in [2.75, 3.05) is 6.61 Å². The van der Waals surface area contributed by atoms with Crippen molar-refractivity contribution in [3.63, 3.8) is 0 Å². The van der Waals surface area contributed by atoms with E-state index in [1.165, 1.54) is 64.2 Å². The van der Waals surface area contributed by atoms with Gasteiger partial charge >= 0.3 is 7.82 Å². The highest BCUT2D eigenvalue weighted by Gasteiger charge is 2.23. The van der Waals surface area contributed by atoms with Gasteiger partial charge in [0, 0.05) is 0 Å². The third kappa shape index (κ3) is 18.7. The highest BCUT2D eigenvalue weighted by molar-refractivity contribution is 7.47. The average molecular weight is 379 g/mol. The van der Waals surface area contributed by atoms with Gasteiger partial charge in [-0.1, -0.05) is 97.3 Å². The van der Waals surface area contributed by atoms with Crippen LogP contribution in [-0.2, 0) is 13.6 Å². The van der Waals surface area contributed by atoms with Gasteiger partial charge in [-0.25, -0.2) is 4.57 Å². The number of hydrogen-bond acceptors (Lipinski definition) is 3. The predicted molar refractivity (Wildman–Crippen MR) is 107 cm³/mol. The minimum absolute atomic E-state index is 0.222. The van der Waals surface area contributed by atoms with E-state index in [1.807, 2.05) is 6.92 Å². The monoisotopic (exact) mass is 378 g/mol. The van der Waals surface area contributed by atoms with Gasteiger partial charge in [-0.15, -0.1) is 0 Å². The van der Waals surface area contributed by atoms with Crippen molar-refractivity contribution in [3.8, 4) is 0 Å². The largest absolute Gasteiger partial charge is 0.472 e. The molecule has 0 saturated heterocycles. The maximum Gasteiger partial charge on any atom is 0.472 e. The average Bonchev–Trinajstić information content (AvgIpc) is 2.56. The van der Waals surface area contributed by atoms with Crippen LogP contribution in [0.2, 0.25) is 0 Å². The van der Waals surface area contributed by atoms with Crippen molar-refractivity contribution < 1.29 is 18.5 Å². The van der Waals surface area contributed by atoms with Crippen LogP contribution in [0.3, 0.4) is 0 Å². The molecule has 152 valence electrons. The molecule has 25 heavy (non-hydrogen) atoms. The Morgan fingerprint density at radius 1 is 0.760 bits per heavy atom. The van der Waals surface area contributed by atoms with Crippen LogP contribution in [0.25, 0.3) is 0 Å². The van der Waals surface area contributed by atoms with Crippen LogP contribution in [0.1, 0.15) is 117 Å². The van der Waals surface area contributed by atoms with Gasteiger partial charge in [0.05, 0.1) is 12.7 Å². The first-order valence-corrected chi connectivity index (χ1v) is 12.2. The number of hydrogen-bond donors (Lipinski definition) is 1. The van der Waals surface area contributed by atoms with E-state index in [1.54, 1.807) is 0 Å². The van der Waals surface area contributed by atoms with E-state index in [0.717, 1.165) is 32.1 Å². The smallest absolute Gasteiger partial charge is 0.302 e. The maximum absolute atomic E-state index is 11.9. The summed E-state index contributed by atoms with van der Waals surface area (Å²) in [6.45, 7) is 6.57. The molecule has 1 N–H and O–H groups in total. The van der Waals surface area contributed by atoms with Crippen LogP contribution < -0.4 is 0 Å². The second-order valence-corrected chi connectivity index (χ2v) is 8.66. The molecule has 0 spiro atoms. The van der Waals surface area contributed by atoms with E-state index in [4.69, 9.17) is 9.05 Å². The van der Waals surface area contributed by atoms with Gasteiger partial charge in [0.15, 0.2) is 0 Å². The van der Waals surface area contributed by atoms with Crippen LogP contribution in [-0.4, -0.2) is 17.6 Å². The standard InChI is InChI=1S/C20H43O4P/c1-4-6-8-10-11-12-13-14-15-17-19-23-25(21,22)24-20(3)18-16-9-7-5-2/h20H,4-19H2,1-3H3,(H,21,22). The van der Waals surface area contributed by atoms with Crippen molar-refractivity contribution >= 4 is 7.82 Å². The highest BCUT2D eigenvalue weighted by atomic mass is 31.2. The molecule has 0 saturated carbocycles. The van der Waals surface area contributed by atoms with Crippen molar-refractivity contribution in [1.29, 1.82) is 0 Å². The van der Waals surface area contributed by atoms with Crippen molar-refractivity contribution in [2.24, 2.45) is 0 Å². The number of phosphoric ester groups is 1. The molecule has 0 aromatic carbocycles. The lowest BCUT2D eigenvalue weighted by Crippen LogP contribution is -2.08. The zero-order valence-corrected chi connectivity index (χ0v) is 17.9. The second-order valence-electron chi connectivity index (χ2n) is 7.25. The van der Waals surface area contributed by atoms with Gasteiger partial charge in [-0.3, -0.25) is 9.05 Å². The summed E-state index contributed by atoms with van der Waals surface area (Å²) in [6, 6.07) is 0. The summed E-state index contributed by atoms with van der Waals surface area (Å²) in [6.07, 6.45) is 17.5. The van der Waals surface area contributed by atoms with E-state index in [-0.39, 0.29) is 6.10 Å². The summed E-state index contributed by atoms with van der Waals surface area (Å²) in [7, 11) is -3.88. The fraction of sp³-hybridized carbons (Fsp3) is 1.00. The summed E-state index contributed by atoms with van der Waals surface area (Å²) in [5, 5.41) is 0. The molecule has 0 aliphatic heterocycles. The van der Waals surface area contributed by atoms with Gasteiger partial charge in [-0.05, 0) is 19.8 Å². The molecule has 0 bridgehead atoms. The van der Waals surface area contributed by atoms with E-state index >= 15 is 0 Å². The van der Waals surface area contributed by atoms with E-state index in [9.17, 15) is 9.46 Å². The number of rotatable bonds is 19. The van der Waals surface area contributed by atoms with E-state index in [0.29, 0.717) is 6.61 Å². The predicted octanol–water partition coefficient (Wildman–Crippen LogP) is 7.40. The normalized spacial score (nSPS) is 15.2. The highest BCUT2D eigenvalue weighted by Crippen LogP contribution is 2.45. The third-order valence-corrected chi connectivity index (χ3v) is 5.66. The van der Waals surface area contributed by atoms with E-state index in [2.05, 4.69) is 13.8 Å². The maximum atomic E-state index is 11.9. The molecule has 0 aromatic heterocycles. The molecule has 0 aromatic rings. The summed E-state index contributed by atoms with van der Waals surface area (Å²) in [5.74, 6) is 0. The Labute approximate surface area is 156 Å². The van der Waals surface area contributed by atoms with E-state index < -0.39 is 7.82 Å². The molecule has 4 nitrogen and oxygen atoms in total. The first-order chi connectivity index (χ1) is 12.0. The van der Waals surface area contributed by atoms with Crippen LogP contribution in [0, 0.1) is 0 Å². The molecule has 2 atom stereocenters. The van der Waals surface area contributed by atoms with Crippen molar-refractivity contribution in [3.05, 3.63) is 0 Å². The SMILES string of the molecule is CCCCCCCCCCCCOP(=O)(O)OC(C)CCCCCC. The topological polar surface area (TPSA) is 55.8 Å². The Balaban J connectivity index is 3.48. The minimum atomic E-state index is -3.88. The first-order valence-electron chi connectivity index (χ1n) is 10.7. The molecule has 0 radical (unpaired) electrons.